The van der Waals surface area contributed by atoms with Crippen molar-refractivity contribution in [2.24, 2.45) is 0 Å². The number of alkyl halides is 3. The zero-order valence-electron chi connectivity index (χ0n) is 15.1. The fourth-order valence-electron chi connectivity index (χ4n) is 3.32. The number of benzene rings is 1. The van der Waals surface area contributed by atoms with Gasteiger partial charge in [-0.05, 0) is 37.5 Å². The van der Waals surface area contributed by atoms with Gasteiger partial charge in [0, 0.05) is 37.8 Å². The highest BCUT2D eigenvalue weighted by molar-refractivity contribution is 5.42. The Labute approximate surface area is 153 Å². The Morgan fingerprint density at radius 2 is 2.00 bits per heavy atom. The van der Waals surface area contributed by atoms with Crippen molar-refractivity contribution in [1.29, 1.82) is 0 Å². The van der Waals surface area contributed by atoms with Gasteiger partial charge in [0.1, 0.15) is 11.5 Å². The average molecular weight is 372 g/mol. The molecule has 26 heavy (non-hydrogen) atoms. The highest BCUT2D eigenvalue weighted by Gasteiger charge is 2.32. The van der Waals surface area contributed by atoms with E-state index < -0.39 is 6.36 Å². The van der Waals surface area contributed by atoms with E-state index in [1.807, 2.05) is 6.08 Å². The third-order valence-corrected chi connectivity index (χ3v) is 4.52. The first-order chi connectivity index (χ1) is 12.4. The Balaban J connectivity index is 2.27. The van der Waals surface area contributed by atoms with Crippen LogP contribution in [0.5, 0.6) is 11.5 Å². The Morgan fingerprint density at radius 3 is 2.62 bits per heavy atom. The lowest BCUT2D eigenvalue weighted by Gasteiger charge is -2.36. The van der Waals surface area contributed by atoms with Crippen LogP contribution in [0, 0.1) is 0 Å². The van der Waals surface area contributed by atoms with Crippen LogP contribution in [0.3, 0.4) is 0 Å². The summed E-state index contributed by atoms with van der Waals surface area (Å²) in [4.78, 5) is 2.31. The van der Waals surface area contributed by atoms with E-state index in [9.17, 15) is 13.2 Å². The maximum absolute atomic E-state index is 12.6. The molecule has 0 aromatic heterocycles. The predicted octanol–water partition coefficient (Wildman–Crippen LogP) is 4.29. The summed E-state index contributed by atoms with van der Waals surface area (Å²) in [5.41, 5.74) is 0.745. The van der Waals surface area contributed by atoms with Crippen molar-refractivity contribution < 1.29 is 22.6 Å². The van der Waals surface area contributed by atoms with Crippen LogP contribution >= 0.6 is 0 Å². The SMILES string of the molecule is C=CCCCC[C@@H](c1cc(OC(F)(F)F)ccc1OC)N1CCNCC1. The molecule has 0 spiro atoms. The van der Waals surface area contributed by atoms with Crippen LogP contribution in [0.1, 0.15) is 37.3 Å². The Kier molecular flexibility index (Phi) is 7.78. The van der Waals surface area contributed by atoms with E-state index in [0.29, 0.717) is 5.75 Å². The van der Waals surface area contributed by atoms with Gasteiger partial charge in [-0.25, -0.2) is 0 Å². The molecule has 1 fully saturated rings. The molecule has 1 saturated heterocycles. The molecule has 1 aromatic carbocycles. The topological polar surface area (TPSA) is 33.7 Å². The molecule has 7 heteroatoms. The van der Waals surface area contributed by atoms with Crippen LogP contribution in [0.25, 0.3) is 0 Å². The predicted molar refractivity (Wildman–Crippen MR) is 95.5 cm³/mol. The van der Waals surface area contributed by atoms with Crippen LogP contribution < -0.4 is 14.8 Å². The molecule has 1 atom stereocenters. The first-order valence-electron chi connectivity index (χ1n) is 8.94. The number of ether oxygens (including phenoxy) is 2. The Hall–Kier alpha value is -1.73. The summed E-state index contributed by atoms with van der Waals surface area (Å²) in [7, 11) is 1.54. The molecule has 1 aliphatic heterocycles. The molecule has 0 unspecified atom stereocenters. The second-order valence-corrected chi connectivity index (χ2v) is 6.33. The quantitative estimate of drug-likeness (QED) is 0.518. The van der Waals surface area contributed by atoms with Crippen molar-refractivity contribution in [2.45, 2.75) is 38.1 Å². The number of unbranched alkanes of at least 4 members (excludes halogenated alkanes) is 2. The third kappa shape index (κ3) is 6.21. The molecule has 0 radical (unpaired) electrons. The summed E-state index contributed by atoms with van der Waals surface area (Å²) >= 11 is 0. The molecule has 1 N–H and O–H groups in total. The van der Waals surface area contributed by atoms with Crippen LogP contribution in [0.15, 0.2) is 30.9 Å². The van der Waals surface area contributed by atoms with Gasteiger partial charge >= 0.3 is 6.36 Å². The first kappa shape index (κ1) is 20.6. The van der Waals surface area contributed by atoms with E-state index in [2.05, 4.69) is 21.5 Å². The van der Waals surface area contributed by atoms with Gasteiger partial charge in [-0.15, -0.1) is 19.8 Å². The van der Waals surface area contributed by atoms with Crippen molar-refractivity contribution in [3.8, 4) is 11.5 Å². The fourth-order valence-corrected chi connectivity index (χ4v) is 3.32. The van der Waals surface area contributed by atoms with Gasteiger partial charge in [0.15, 0.2) is 0 Å². The number of allylic oxidation sites excluding steroid dienone is 1. The number of nitrogens with one attached hydrogen (secondary N) is 1. The van der Waals surface area contributed by atoms with Gasteiger partial charge in [0.05, 0.1) is 7.11 Å². The summed E-state index contributed by atoms with van der Waals surface area (Å²) < 4.78 is 47.4. The average Bonchev–Trinajstić information content (AvgIpc) is 2.61. The molecule has 1 aromatic rings. The van der Waals surface area contributed by atoms with Crippen molar-refractivity contribution in [3.05, 3.63) is 36.4 Å². The number of hydrogen-bond acceptors (Lipinski definition) is 4. The van der Waals surface area contributed by atoms with Gasteiger partial charge in [0.25, 0.3) is 0 Å². The first-order valence-corrected chi connectivity index (χ1v) is 8.94. The molecule has 146 valence electrons. The van der Waals surface area contributed by atoms with Crippen molar-refractivity contribution >= 4 is 0 Å². The van der Waals surface area contributed by atoms with E-state index in [0.717, 1.165) is 57.4 Å². The molecular formula is C19H27F3N2O2. The van der Waals surface area contributed by atoms with Crippen LogP contribution in [-0.4, -0.2) is 44.6 Å². The summed E-state index contributed by atoms with van der Waals surface area (Å²) in [5.74, 6) is 0.381. The summed E-state index contributed by atoms with van der Waals surface area (Å²) in [5, 5.41) is 3.31. The molecule has 4 nitrogen and oxygen atoms in total. The molecule has 0 aliphatic carbocycles. The second-order valence-electron chi connectivity index (χ2n) is 6.33. The van der Waals surface area contributed by atoms with E-state index in [-0.39, 0.29) is 11.8 Å². The third-order valence-electron chi connectivity index (χ3n) is 4.52. The molecule has 0 amide bonds. The van der Waals surface area contributed by atoms with E-state index in [1.54, 1.807) is 6.07 Å². The normalized spacial score (nSPS) is 16.9. The minimum Gasteiger partial charge on any atom is -0.496 e. The van der Waals surface area contributed by atoms with Crippen molar-refractivity contribution in [3.63, 3.8) is 0 Å². The van der Waals surface area contributed by atoms with E-state index >= 15 is 0 Å². The lowest BCUT2D eigenvalue weighted by molar-refractivity contribution is -0.274. The number of halogens is 3. The van der Waals surface area contributed by atoms with Crippen LogP contribution in [-0.2, 0) is 0 Å². The van der Waals surface area contributed by atoms with E-state index in [4.69, 9.17) is 4.74 Å². The number of hydrogen-bond donors (Lipinski definition) is 1. The molecule has 0 bridgehead atoms. The number of piperazine rings is 1. The largest absolute Gasteiger partial charge is 0.573 e. The standard InChI is InChI=1S/C19H27F3N2O2/c1-3-4-5-6-7-17(24-12-10-23-11-13-24)16-14-15(26-19(20,21)22)8-9-18(16)25-2/h3,8-9,14,17,23H,1,4-7,10-13H2,2H3/t17-/m0/s1. The van der Waals surface area contributed by atoms with Gasteiger partial charge in [-0.2, -0.15) is 0 Å². The molecule has 1 heterocycles. The molecule has 2 rings (SSSR count). The second kappa shape index (κ2) is 9.83. The van der Waals surface area contributed by atoms with Gasteiger partial charge < -0.3 is 14.8 Å². The highest BCUT2D eigenvalue weighted by Crippen LogP contribution is 2.37. The minimum atomic E-state index is -4.71. The smallest absolute Gasteiger partial charge is 0.496 e. The molecule has 0 saturated carbocycles. The van der Waals surface area contributed by atoms with Crippen molar-refractivity contribution in [2.75, 3.05) is 33.3 Å². The Bertz CT molecular complexity index is 572. The van der Waals surface area contributed by atoms with Crippen LogP contribution in [0.4, 0.5) is 13.2 Å². The van der Waals surface area contributed by atoms with Crippen LogP contribution in [0.2, 0.25) is 0 Å². The maximum atomic E-state index is 12.6. The highest BCUT2D eigenvalue weighted by atomic mass is 19.4. The summed E-state index contributed by atoms with van der Waals surface area (Å²) in [6, 6.07) is 4.30. The molecular weight excluding hydrogens is 345 g/mol. The number of methoxy groups -OCH3 is 1. The van der Waals surface area contributed by atoms with Gasteiger partial charge in [-0.1, -0.05) is 12.5 Å². The lowest BCUT2D eigenvalue weighted by Crippen LogP contribution is -2.45. The lowest BCUT2D eigenvalue weighted by atomic mass is 9.96. The maximum Gasteiger partial charge on any atom is 0.573 e. The number of rotatable bonds is 9. The monoisotopic (exact) mass is 372 g/mol. The van der Waals surface area contributed by atoms with Gasteiger partial charge in [-0.3, -0.25) is 4.90 Å². The summed E-state index contributed by atoms with van der Waals surface area (Å²) in [6.45, 7) is 7.16. The molecule has 1 aliphatic rings. The zero-order chi connectivity index (χ0) is 19.0. The summed E-state index contributed by atoms with van der Waals surface area (Å²) in [6.07, 6.45) is 0.933. The fraction of sp³-hybridized carbons (Fsp3) is 0.579. The zero-order valence-corrected chi connectivity index (χ0v) is 15.1. The number of nitrogens with zero attached hydrogens (tertiary/aromatic N) is 1. The van der Waals surface area contributed by atoms with Gasteiger partial charge in [0.2, 0.25) is 0 Å². The van der Waals surface area contributed by atoms with E-state index in [1.165, 1.54) is 19.2 Å². The Morgan fingerprint density at radius 1 is 1.27 bits per heavy atom. The van der Waals surface area contributed by atoms with Crippen molar-refractivity contribution in [1.82, 2.24) is 10.2 Å². The minimum absolute atomic E-state index is 0.00588.